The van der Waals surface area contributed by atoms with Crippen LogP contribution in [0.5, 0.6) is 5.75 Å². The van der Waals surface area contributed by atoms with E-state index in [1.54, 1.807) is 0 Å². The lowest BCUT2D eigenvalue weighted by atomic mass is 10.0. The van der Waals surface area contributed by atoms with Crippen molar-refractivity contribution in [3.05, 3.63) is 46.8 Å². The summed E-state index contributed by atoms with van der Waals surface area (Å²) in [6.07, 6.45) is 1.93. The molecule has 1 aromatic carbocycles. The average Bonchev–Trinajstić information content (AvgIpc) is 3.00. The number of carbonyl (C=O) groups is 1. The van der Waals surface area contributed by atoms with Crippen LogP contribution in [0.25, 0.3) is 0 Å². The molecule has 1 N–H and O–H groups in total. The van der Waals surface area contributed by atoms with Crippen molar-refractivity contribution in [1.29, 1.82) is 0 Å². The predicted molar refractivity (Wildman–Crippen MR) is 94.8 cm³/mol. The maximum atomic E-state index is 12.8. The molecule has 1 aromatic heterocycles. The molecule has 2 aromatic rings. The maximum absolute atomic E-state index is 12.8. The van der Waals surface area contributed by atoms with Crippen LogP contribution in [0.3, 0.4) is 0 Å². The van der Waals surface area contributed by atoms with Gasteiger partial charge in [0.1, 0.15) is 11.9 Å². The number of hydrogen-bond donors (Lipinski definition) is 1. The molecule has 1 fully saturated rings. The third kappa shape index (κ3) is 3.02. The molecule has 0 radical (unpaired) electrons. The van der Waals surface area contributed by atoms with Gasteiger partial charge in [0.25, 0.3) is 5.91 Å². The highest BCUT2D eigenvalue weighted by Crippen LogP contribution is 2.25. The molecule has 4 rings (SSSR count). The standard InChI is InChI=1S/C19H24N4O2/c1-3-13-6-4-5-7-17(13)25-14-10-23(11-14)19(24)18-15-12-22(2)9-8-16(15)20-21-18/h4-7,14H,3,8-12H2,1-2H3,(H,20,21). The summed E-state index contributed by atoms with van der Waals surface area (Å²) < 4.78 is 6.07. The summed E-state index contributed by atoms with van der Waals surface area (Å²) >= 11 is 0. The highest BCUT2D eigenvalue weighted by atomic mass is 16.5. The van der Waals surface area contributed by atoms with Crippen LogP contribution < -0.4 is 4.74 Å². The number of fused-ring (bicyclic) bond motifs is 1. The Morgan fingerprint density at radius 3 is 2.96 bits per heavy atom. The van der Waals surface area contributed by atoms with Crippen LogP contribution in [0.4, 0.5) is 0 Å². The van der Waals surface area contributed by atoms with Crippen molar-refractivity contribution in [2.45, 2.75) is 32.4 Å². The Labute approximate surface area is 147 Å². The zero-order chi connectivity index (χ0) is 17.4. The lowest BCUT2D eigenvalue weighted by molar-refractivity contribution is 0.0168. The molecule has 0 spiro atoms. The van der Waals surface area contributed by atoms with Gasteiger partial charge in [0.15, 0.2) is 5.69 Å². The topological polar surface area (TPSA) is 61.5 Å². The van der Waals surface area contributed by atoms with E-state index in [4.69, 9.17) is 4.74 Å². The molecule has 2 aliphatic rings. The second-order valence-corrected chi connectivity index (χ2v) is 6.93. The summed E-state index contributed by atoms with van der Waals surface area (Å²) in [6.45, 7) is 5.14. The number of H-pyrrole nitrogens is 1. The minimum Gasteiger partial charge on any atom is -0.486 e. The zero-order valence-electron chi connectivity index (χ0n) is 14.8. The highest BCUT2D eigenvalue weighted by molar-refractivity contribution is 5.94. The number of para-hydroxylation sites is 1. The smallest absolute Gasteiger partial charge is 0.274 e. The van der Waals surface area contributed by atoms with Crippen LogP contribution in [0.1, 0.15) is 34.2 Å². The number of nitrogens with zero attached hydrogens (tertiary/aromatic N) is 3. The number of likely N-dealkylation sites (tertiary alicyclic amines) is 1. The summed E-state index contributed by atoms with van der Waals surface area (Å²) in [7, 11) is 2.07. The van der Waals surface area contributed by atoms with Crippen molar-refractivity contribution in [2.24, 2.45) is 0 Å². The predicted octanol–water partition coefficient (Wildman–Crippen LogP) is 1.86. The van der Waals surface area contributed by atoms with Crippen LogP contribution in [-0.2, 0) is 19.4 Å². The summed E-state index contributed by atoms with van der Waals surface area (Å²) in [5.41, 5.74) is 3.94. The Balaban J connectivity index is 1.39. The normalized spacial score (nSPS) is 17.9. The third-order valence-electron chi connectivity index (χ3n) is 5.11. The van der Waals surface area contributed by atoms with Crippen molar-refractivity contribution in [2.75, 3.05) is 26.7 Å². The Kier molecular flexibility index (Phi) is 4.21. The van der Waals surface area contributed by atoms with Gasteiger partial charge in [-0.15, -0.1) is 0 Å². The second kappa shape index (κ2) is 6.52. The zero-order valence-corrected chi connectivity index (χ0v) is 14.8. The van der Waals surface area contributed by atoms with E-state index in [2.05, 4.69) is 35.1 Å². The van der Waals surface area contributed by atoms with Gasteiger partial charge in [-0.25, -0.2) is 0 Å². The molecule has 2 aliphatic heterocycles. The van der Waals surface area contributed by atoms with E-state index in [9.17, 15) is 4.79 Å². The summed E-state index contributed by atoms with van der Waals surface area (Å²) in [5.74, 6) is 0.942. The number of rotatable bonds is 4. The molecule has 0 aliphatic carbocycles. The van der Waals surface area contributed by atoms with E-state index in [-0.39, 0.29) is 12.0 Å². The summed E-state index contributed by atoms with van der Waals surface area (Å²) in [4.78, 5) is 16.8. The van der Waals surface area contributed by atoms with Crippen LogP contribution in [0.15, 0.2) is 24.3 Å². The van der Waals surface area contributed by atoms with E-state index >= 15 is 0 Å². The van der Waals surface area contributed by atoms with Crippen LogP contribution in [0.2, 0.25) is 0 Å². The van der Waals surface area contributed by atoms with Crippen LogP contribution in [-0.4, -0.2) is 58.7 Å². The van der Waals surface area contributed by atoms with Crippen molar-refractivity contribution < 1.29 is 9.53 Å². The fourth-order valence-corrected chi connectivity index (χ4v) is 3.53. The van der Waals surface area contributed by atoms with Crippen LogP contribution in [0, 0.1) is 0 Å². The van der Waals surface area contributed by atoms with E-state index in [1.165, 1.54) is 5.56 Å². The van der Waals surface area contributed by atoms with Crippen molar-refractivity contribution in [3.63, 3.8) is 0 Å². The molecule has 6 nitrogen and oxygen atoms in total. The number of aryl methyl sites for hydroxylation is 1. The molecular formula is C19H24N4O2. The molecular weight excluding hydrogens is 316 g/mol. The minimum atomic E-state index is 0.0106. The second-order valence-electron chi connectivity index (χ2n) is 6.93. The first kappa shape index (κ1) is 16.1. The number of aromatic nitrogens is 2. The number of amides is 1. The Morgan fingerprint density at radius 2 is 2.16 bits per heavy atom. The van der Waals surface area contributed by atoms with Gasteiger partial charge in [0.2, 0.25) is 0 Å². The van der Waals surface area contributed by atoms with Gasteiger partial charge in [-0.2, -0.15) is 5.10 Å². The first-order valence-corrected chi connectivity index (χ1v) is 8.94. The molecule has 0 unspecified atom stereocenters. The number of benzene rings is 1. The van der Waals surface area contributed by atoms with E-state index in [0.29, 0.717) is 18.8 Å². The van der Waals surface area contributed by atoms with Crippen molar-refractivity contribution in [3.8, 4) is 5.75 Å². The molecule has 0 bridgehead atoms. The summed E-state index contributed by atoms with van der Waals surface area (Å²) in [6, 6.07) is 8.11. The molecule has 1 saturated heterocycles. The molecule has 0 saturated carbocycles. The molecule has 1 amide bonds. The van der Waals surface area contributed by atoms with E-state index in [0.717, 1.165) is 42.9 Å². The number of ether oxygens (including phenoxy) is 1. The average molecular weight is 340 g/mol. The lowest BCUT2D eigenvalue weighted by Crippen LogP contribution is -2.56. The van der Waals surface area contributed by atoms with Gasteiger partial charge in [0.05, 0.1) is 13.1 Å². The SMILES string of the molecule is CCc1ccccc1OC1CN(C(=O)c2n[nH]c3c2CN(C)CC3)C1. The lowest BCUT2D eigenvalue weighted by Gasteiger charge is -2.39. The first-order chi connectivity index (χ1) is 12.2. The maximum Gasteiger partial charge on any atom is 0.274 e. The van der Waals surface area contributed by atoms with E-state index < -0.39 is 0 Å². The fourth-order valence-electron chi connectivity index (χ4n) is 3.53. The number of hydrogen-bond acceptors (Lipinski definition) is 4. The van der Waals surface area contributed by atoms with Crippen molar-refractivity contribution in [1.82, 2.24) is 20.0 Å². The molecule has 3 heterocycles. The number of carbonyl (C=O) groups excluding carboxylic acids is 1. The van der Waals surface area contributed by atoms with E-state index in [1.807, 2.05) is 23.1 Å². The number of likely N-dealkylation sites (N-methyl/N-ethyl adjacent to an activating group) is 1. The Hall–Kier alpha value is -2.34. The van der Waals surface area contributed by atoms with Gasteiger partial charge < -0.3 is 14.5 Å². The monoisotopic (exact) mass is 340 g/mol. The van der Waals surface area contributed by atoms with Crippen molar-refractivity contribution >= 4 is 5.91 Å². The Bertz CT molecular complexity index is 779. The molecule has 0 atom stereocenters. The Morgan fingerprint density at radius 1 is 1.36 bits per heavy atom. The molecule has 25 heavy (non-hydrogen) atoms. The van der Waals surface area contributed by atoms with Gasteiger partial charge in [-0.3, -0.25) is 9.89 Å². The largest absolute Gasteiger partial charge is 0.486 e. The number of nitrogens with one attached hydrogen (secondary N) is 1. The van der Waals surface area contributed by atoms with Gasteiger partial charge in [0, 0.05) is 30.8 Å². The highest BCUT2D eigenvalue weighted by Gasteiger charge is 2.36. The molecule has 132 valence electrons. The van der Waals surface area contributed by atoms with Gasteiger partial charge in [-0.05, 0) is 25.1 Å². The van der Waals surface area contributed by atoms with Gasteiger partial charge >= 0.3 is 0 Å². The number of aromatic amines is 1. The summed E-state index contributed by atoms with van der Waals surface area (Å²) in [5, 5.41) is 7.33. The molecule has 6 heteroatoms. The third-order valence-corrected chi connectivity index (χ3v) is 5.11. The fraction of sp³-hybridized carbons (Fsp3) is 0.474. The van der Waals surface area contributed by atoms with Crippen LogP contribution >= 0.6 is 0 Å². The first-order valence-electron chi connectivity index (χ1n) is 8.94. The quantitative estimate of drug-likeness (QED) is 0.923. The minimum absolute atomic E-state index is 0.0106. The van der Waals surface area contributed by atoms with Gasteiger partial charge in [-0.1, -0.05) is 25.1 Å².